The Morgan fingerprint density at radius 3 is 2.70 bits per heavy atom. The summed E-state index contributed by atoms with van der Waals surface area (Å²) in [5.41, 5.74) is 2.20. The fraction of sp³-hybridized carbons (Fsp3) is 0.562. The second kappa shape index (κ2) is 6.95. The first-order valence-electron chi connectivity index (χ1n) is 7.36. The second-order valence-electron chi connectivity index (χ2n) is 5.43. The number of hydrogen-bond acceptors (Lipinski definition) is 1. The molecule has 0 N–H and O–H groups in total. The average molecular weight is 358 g/mol. The highest BCUT2D eigenvalue weighted by molar-refractivity contribution is 9.10. The van der Waals surface area contributed by atoms with Crippen LogP contribution in [0, 0.1) is 0 Å². The Morgan fingerprint density at radius 1 is 1.30 bits per heavy atom. The van der Waals surface area contributed by atoms with Crippen molar-refractivity contribution in [1.82, 2.24) is 9.55 Å². The van der Waals surface area contributed by atoms with Crippen molar-refractivity contribution in [2.45, 2.75) is 57.9 Å². The van der Waals surface area contributed by atoms with E-state index in [9.17, 15) is 0 Å². The first kappa shape index (κ1) is 15.8. The van der Waals surface area contributed by atoms with Crippen LogP contribution < -0.4 is 0 Å². The predicted octanol–water partition coefficient (Wildman–Crippen LogP) is 6.24. The Bertz CT molecular complexity index is 577. The summed E-state index contributed by atoms with van der Waals surface area (Å²) in [6.45, 7) is 6.50. The molecule has 1 aromatic heterocycles. The van der Waals surface area contributed by atoms with E-state index in [1.807, 2.05) is 6.92 Å². The van der Waals surface area contributed by atoms with Crippen molar-refractivity contribution in [1.29, 1.82) is 0 Å². The zero-order valence-electron chi connectivity index (χ0n) is 12.4. The molecule has 0 saturated carbocycles. The standard InChI is InChI=1S/C16H22BrClN2/c1-4-5-6-7-11(2)20-15-9-8-13(17)10-14(15)19-16(20)12(3)18/h8-12H,4-7H2,1-3H3. The smallest absolute Gasteiger partial charge is 0.127 e. The minimum Gasteiger partial charge on any atom is -0.324 e. The van der Waals surface area contributed by atoms with Crippen LogP contribution in [0.3, 0.4) is 0 Å². The maximum atomic E-state index is 6.33. The van der Waals surface area contributed by atoms with Gasteiger partial charge in [0.2, 0.25) is 0 Å². The third-order valence-corrected chi connectivity index (χ3v) is 4.39. The number of imidazole rings is 1. The van der Waals surface area contributed by atoms with Gasteiger partial charge in [-0.25, -0.2) is 4.98 Å². The lowest BCUT2D eigenvalue weighted by molar-refractivity contribution is 0.472. The molecule has 0 bridgehead atoms. The van der Waals surface area contributed by atoms with E-state index in [-0.39, 0.29) is 5.38 Å². The van der Waals surface area contributed by atoms with E-state index in [4.69, 9.17) is 16.6 Å². The molecule has 2 aromatic rings. The largest absolute Gasteiger partial charge is 0.324 e. The van der Waals surface area contributed by atoms with Gasteiger partial charge in [-0.2, -0.15) is 0 Å². The molecule has 0 aliphatic carbocycles. The van der Waals surface area contributed by atoms with Gasteiger partial charge in [-0.3, -0.25) is 0 Å². The monoisotopic (exact) mass is 356 g/mol. The van der Waals surface area contributed by atoms with Gasteiger partial charge >= 0.3 is 0 Å². The molecule has 0 fully saturated rings. The third kappa shape index (κ3) is 3.37. The van der Waals surface area contributed by atoms with E-state index in [1.165, 1.54) is 31.2 Å². The number of fused-ring (bicyclic) bond motifs is 1. The van der Waals surface area contributed by atoms with Crippen molar-refractivity contribution in [2.75, 3.05) is 0 Å². The van der Waals surface area contributed by atoms with Crippen molar-refractivity contribution in [3.63, 3.8) is 0 Å². The molecule has 1 heterocycles. The van der Waals surface area contributed by atoms with E-state index in [0.717, 1.165) is 15.8 Å². The Hall–Kier alpha value is -0.540. The van der Waals surface area contributed by atoms with Crippen LogP contribution in [0.15, 0.2) is 22.7 Å². The molecule has 0 aliphatic heterocycles. The fourth-order valence-corrected chi connectivity index (χ4v) is 3.16. The van der Waals surface area contributed by atoms with Crippen molar-refractivity contribution in [2.24, 2.45) is 0 Å². The molecule has 20 heavy (non-hydrogen) atoms. The predicted molar refractivity (Wildman–Crippen MR) is 90.6 cm³/mol. The van der Waals surface area contributed by atoms with Crippen molar-refractivity contribution >= 4 is 38.6 Å². The Balaban J connectivity index is 2.40. The number of alkyl halides is 1. The van der Waals surface area contributed by atoms with Gasteiger partial charge in [-0.1, -0.05) is 42.1 Å². The fourth-order valence-electron chi connectivity index (χ4n) is 2.65. The first-order chi connectivity index (χ1) is 9.54. The zero-order chi connectivity index (χ0) is 14.7. The quantitative estimate of drug-likeness (QED) is 0.442. The minimum absolute atomic E-state index is 0.0743. The molecule has 2 rings (SSSR count). The van der Waals surface area contributed by atoms with Crippen LogP contribution in [0.25, 0.3) is 11.0 Å². The minimum atomic E-state index is -0.0743. The van der Waals surface area contributed by atoms with Crippen LogP contribution in [0.5, 0.6) is 0 Å². The maximum Gasteiger partial charge on any atom is 0.127 e. The molecule has 0 aliphatic rings. The molecule has 2 atom stereocenters. The summed E-state index contributed by atoms with van der Waals surface area (Å²) < 4.78 is 3.37. The highest BCUT2D eigenvalue weighted by atomic mass is 79.9. The normalized spacial score (nSPS) is 14.7. The molecular formula is C16H22BrClN2. The molecule has 0 saturated heterocycles. The van der Waals surface area contributed by atoms with Crippen LogP contribution in [-0.2, 0) is 0 Å². The van der Waals surface area contributed by atoms with Gasteiger partial charge in [0.05, 0.1) is 16.4 Å². The lowest BCUT2D eigenvalue weighted by atomic mass is 10.1. The lowest BCUT2D eigenvalue weighted by Crippen LogP contribution is -2.10. The summed E-state index contributed by atoms with van der Waals surface area (Å²) in [6.07, 6.45) is 4.97. The van der Waals surface area contributed by atoms with Crippen molar-refractivity contribution in [3.05, 3.63) is 28.5 Å². The van der Waals surface area contributed by atoms with Crippen LogP contribution in [0.2, 0.25) is 0 Å². The van der Waals surface area contributed by atoms with Gasteiger partial charge in [-0.15, -0.1) is 11.6 Å². The van der Waals surface area contributed by atoms with Gasteiger partial charge in [0.15, 0.2) is 0 Å². The number of aromatic nitrogens is 2. The second-order valence-corrected chi connectivity index (χ2v) is 7.00. The van der Waals surface area contributed by atoms with E-state index in [1.54, 1.807) is 0 Å². The Labute approximate surface area is 134 Å². The van der Waals surface area contributed by atoms with Crippen LogP contribution in [0.4, 0.5) is 0 Å². The number of halogens is 2. The van der Waals surface area contributed by atoms with E-state index >= 15 is 0 Å². The summed E-state index contributed by atoms with van der Waals surface area (Å²) in [7, 11) is 0. The van der Waals surface area contributed by atoms with Gasteiger partial charge < -0.3 is 4.57 Å². The van der Waals surface area contributed by atoms with Crippen molar-refractivity contribution < 1.29 is 0 Å². The summed E-state index contributed by atoms with van der Waals surface area (Å²) in [4.78, 5) is 4.72. The van der Waals surface area contributed by atoms with E-state index in [2.05, 4.69) is 52.5 Å². The van der Waals surface area contributed by atoms with Crippen LogP contribution in [-0.4, -0.2) is 9.55 Å². The van der Waals surface area contributed by atoms with E-state index < -0.39 is 0 Å². The number of nitrogens with zero attached hydrogens (tertiary/aromatic N) is 2. The summed E-state index contributed by atoms with van der Waals surface area (Å²) in [6, 6.07) is 6.70. The SMILES string of the molecule is CCCCCC(C)n1c(C(C)Cl)nc2cc(Br)ccc21. The number of unbranched alkanes of at least 4 members (excludes halogenated alkanes) is 2. The van der Waals surface area contributed by atoms with E-state index in [0.29, 0.717) is 6.04 Å². The molecule has 0 amide bonds. The maximum absolute atomic E-state index is 6.33. The van der Waals surface area contributed by atoms with Gasteiger partial charge in [0.1, 0.15) is 5.82 Å². The van der Waals surface area contributed by atoms with Gasteiger partial charge in [-0.05, 0) is 38.5 Å². The Morgan fingerprint density at radius 2 is 2.05 bits per heavy atom. The highest BCUT2D eigenvalue weighted by Crippen LogP contribution is 2.31. The lowest BCUT2D eigenvalue weighted by Gasteiger charge is -2.18. The average Bonchev–Trinajstić information content (AvgIpc) is 2.77. The zero-order valence-corrected chi connectivity index (χ0v) is 14.7. The molecule has 2 nitrogen and oxygen atoms in total. The highest BCUT2D eigenvalue weighted by Gasteiger charge is 2.18. The van der Waals surface area contributed by atoms with Crippen molar-refractivity contribution in [3.8, 4) is 0 Å². The topological polar surface area (TPSA) is 17.8 Å². The Kier molecular flexibility index (Phi) is 5.50. The molecule has 4 heteroatoms. The summed E-state index contributed by atoms with van der Waals surface area (Å²) in [5, 5.41) is -0.0743. The third-order valence-electron chi connectivity index (χ3n) is 3.70. The van der Waals surface area contributed by atoms with Gasteiger partial charge in [0.25, 0.3) is 0 Å². The van der Waals surface area contributed by atoms with Gasteiger partial charge in [0, 0.05) is 10.5 Å². The number of hydrogen-bond donors (Lipinski definition) is 0. The molecule has 2 unspecified atom stereocenters. The van der Waals surface area contributed by atoms with Crippen LogP contribution >= 0.6 is 27.5 Å². The van der Waals surface area contributed by atoms with Crippen LogP contribution in [0.1, 0.15) is 63.7 Å². The molecule has 110 valence electrons. The summed E-state index contributed by atoms with van der Waals surface area (Å²) >= 11 is 9.84. The molecule has 0 radical (unpaired) electrons. The molecular weight excluding hydrogens is 336 g/mol. The number of rotatable bonds is 6. The first-order valence-corrected chi connectivity index (χ1v) is 8.59. The number of benzene rings is 1. The summed E-state index contributed by atoms with van der Waals surface area (Å²) in [5.74, 6) is 0.976. The molecule has 1 aromatic carbocycles. The molecule has 0 spiro atoms.